The van der Waals surface area contributed by atoms with Crippen LogP contribution >= 0.6 is 34.2 Å². The number of hydrogen-bond donors (Lipinski definition) is 1. The molecule has 0 aliphatic rings. The number of hydrogen-bond acceptors (Lipinski definition) is 3. The van der Waals surface area contributed by atoms with Gasteiger partial charge in [-0.15, -0.1) is 0 Å². The zero-order valence-corrected chi connectivity index (χ0v) is 15.5. The highest BCUT2D eigenvalue weighted by Crippen LogP contribution is 2.23. The highest BCUT2D eigenvalue weighted by Gasteiger charge is 2.15. The Balaban J connectivity index is 2.12. The standard InChI is InChI=1S/C15H21ClINO3/c1-15(2,3)21-14(19)18-8-4-5-9-20-11-6-7-13(17)12(16)10-11/h6-7,10H,4-5,8-9H2,1-3H3,(H,18,19). The van der Waals surface area contributed by atoms with E-state index in [1.807, 2.05) is 39.0 Å². The van der Waals surface area contributed by atoms with Crippen molar-refractivity contribution in [1.29, 1.82) is 0 Å². The Kier molecular flexibility index (Phi) is 7.59. The van der Waals surface area contributed by atoms with Gasteiger partial charge in [-0.05, 0) is 74.4 Å². The lowest BCUT2D eigenvalue weighted by atomic mass is 10.2. The first kappa shape index (κ1) is 18.4. The van der Waals surface area contributed by atoms with Crippen molar-refractivity contribution in [3.8, 4) is 5.75 Å². The Morgan fingerprint density at radius 2 is 2.05 bits per heavy atom. The van der Waals surface area contributed by atoms with Gasteiger partial charge in [0.05, 0.1) is 11.6 Å². The third-order valence-electron chi connectivity index (χ3n) is 2.40. The Labute approximate surface area is 144 Å². The smallest absolute Gasteiger partial charge is 0.407 e. The summed E-state index contributed by atoms with van der Waals surface area (Å²) in [6.45, 7) is 6.68. The van der Waals surface area contributed by atoms with Crippen molar-refractivity contribution in [2.45, 2.75) is 39.2 Å². The summed E-state index contributed by atoms with van der Waals surface area (Å²) in [7, 11) is 0. The fourth-order valence-electron chi connectivity index (χ4n) is 1.49. The molecule has 0 aliphatic carbocycles. The zero-order valence-electron chi connectivity index (χ0n) is 12.5. The van der Waals surface area contributed by atoms with Gasteiger partial charge in [-0.25, -0.2) is 4.79 Å². The van der Waals surface area contributed by atoms with Crippen molar-refractivity contribution in [3.05, 3.63) is 26.8 Å². The van der Waals surface area contributed by atoms with E-state index in [9.17, 15) is 4.79 Å². The molecule has 0 spiro atoms. The average Bonchev–Trinajstić information content (AvgIpc) is 2.35. The number of unbranched alkanes of at least 4 members (excludes halogenated alkanes) is 1. The molecule has 0 aromatic heterocycles. The van der Waals surface area contributed by atoms with E-state index >= 15 is 0 Å². The van der Waals surface area contributed by atoms with E-state index < -0.39 is 5.60 Å². The number of rotatable bonds is 6. The van der Waals surface area contributed by atoms with Gasteiger partial charge in [0.1, 0.15) is 11.4 Å². The maximum Gasteiger partial charge on any atom is 0.407 e. The second kappa shape index (κ2) is 8.68. The van der Waals surface area contributed by atoms with Crippen molar-refractivity contribution in [2.24, 2.45) is 0 Å². The first-order chi connectivity index (χ1) is 9.78. The first-order valence-corrected chi connectivity index (χ1v) is 8.28. The normalized spacial score (nSPS) is 11.1. The van der Waals surface area contributed by atoms with E-state index in [1.54, 1.807) is 0 Å². The summed E-state index contributed by atoms with van der Waals surface area (Å²) in [5, 5.41) is 3.41. The van der Waals surface area contributed by atoms with E-state index in [0.29, 0.717) is 18.2 Å². The number of ether oxygens (including phenoxy) is 2. The maximum atomic E-state index is 11.4. The number of carbonyl (C=O) groups is 1. The van der Waals surface area contributed by atoms with Crippen LogP contribution in [0.25, 0.3) is 0 Å². The van der Waals surface area contributed by atoms with Crippen molar-refractivity contribution < 1.29 is 14.3 Å². The number of benzene rings is 1. The lowest BCUT2D eigenvalue weighted by Gasteiger charge is -2.19. The van der Waals surface area contributed by atoms with E-state index in [1.165, 1.54) is 0 Å². The molecular formula is C15H21ClINO3. The minimum absolute atomic E-state index is 0.382. The molecule has 1 aromatic rings. The molecule has 1 N–H and O–H groups in total. The van der Waals surface area contributed by atoms with Crippen molar-refractivity contribution in [1.82, 2.24) is 5.32 Å². The number of nitrogens with one attached hydrogen (secondary N) is 1. The lowest BCUT2D eigenvalue weighted by Crippen LogP contribution is -2.33. The van der Waals surface area contributed by atoms with Crippen LogP contribution < -0.4 is 10.1 Å². The van der Waals surface area contributed by atoms with Crippen molar-refractivity contribution in [3.63, 3.8) is 0 Å². The molecule has 0 saturated carbocycles. The summed E-state index contributed by atoms with van der Waals surface area (Å²) in [5.74, 6) is 0.764. The number of alkyl carbamates (subject to hydrolysis) is 1. The molecule has 0 radical (unpaired) electrons. The quantitative estimate of drug-likeness (QED) is 0.534. The number of amides is 1. The fourth-order valence-corrected chi connectivity index (χ4v) is 1.99. The highest BCUT2D eigenvalue weighted by molar-refractivity contribution is 14.1. The summed E-state index contributed by atoms with van der Waals surface area (Å²) >= 11 is 8.19. The van der Waals surface area contributed by atoms with Gasteiger partial charge in [-0.1, -0.05) is 11.6 Å². The first-order valence-electron chi connectivity index (χ1n) is 6.82. The maximum absolute atomic E-state index is 11.4. The van der Waals surface area contributed by atoms with Crippen LogP contribution in [-0.4, -0.2) is 24.8 Å². The Morgan fingerprint density at radius 3 is 2.67 bits per heavy atom. The second-order valence-electron chi connectivity index (χ2n) is 5.56. The van der Waals surface area contributed by atoms with Crippen LogP contribution in [0.1, 0.15) is 33.6 Å². The monoisotopic (exact) mass is 425 g/mol. The largest absolute Gasteiger partial charge is 0.494 e. The summed E-state index contributed by atoms with van der Waals surface area (Å²) in [6, 6.07) is 5.62. The molecule has 4 nitrogen and oxygen atoms in total. The fraction of sp³-hybridized carbons (Fsp3) is 0.533. The molecule has 0 heterocycles. The van der Waals surface area contributed by atoms with Gasteiger partial charge in [0.15, 0.2) is 0 Å². The molecule has 0 aliphatic heterocycles. The molecule has 0 atom stereocenters. The van der Waals surface area contributed by atoms with Gasteiger partial charge in [0.25, 0.3) is 0 Å². The third-order valence-corrected chi connectivity index (χ3v) is 3.97. The summed E-state index contributed by atoms with van der Waals surface area (Å²) in [5.41, 5.74) is -0.461. The number of halogens is 2. The van der Waals surface area contributed by atoms with Crippen LogP contribution in [0.4, 0.5) is 4.79 Å². The molecule has 1 amide bonds. The Bertz CT molecular complexity index is 474. The van der Waals surface area contributed by atoms with Crippen LogP contribution in [-0.2, 0) is 4.74 Å². The van der Waals surface area contributed by atoms with Gasteiger partial charge in [0, 0.05) is 10.1 Å². The molecular weight excluding hydrogens is 405 g/mol. The lowest BCUT2D eigenvalue weighted by molar-refractivity contribution is 0.0526. The van der Waals surface area contributed by atoms with Gasteiger partial charge in [-0.3, -0.25) is 0 Å². The predicted octanol–water partition coefficient (Wildman–Crippen LogP) is 4.63. The van der Waals surface area contributed by atoms with Crippen LogP contribution in [0, 0.1) is 3.57 Å². The summed E-state index contributed by atoms with van der Waals surface area (Å²) in [6.07, 6.45) is 1.30. The summed E-state index contributed by atoms with van der Waals surface area (Å²) in [4.78, 5) is 11.4. The molecule has 1 aromatic carbocycles. The molecule has 21 heavy (non-hydrogen) atoms. The third kappa shape index (κ3) is 8.36. The van der Waals surface area contributed by atoms with Crippen LogP contribution in [0.5, 0.6) is 5.75 Å². The molecule has 0 saturated heterocycles. The second-order valence-corrected chi connectivity index (χ2v) is 7.13. The number of carbonyl (C=O) groups excluding carboxylic acids is 1. The SMILES string of the molecule is CC(C)(C)OC(=O)NCCCCOc1ccc(I)c(Cl)c1. The predicted molar refractivity (Wildman–Crippen MR) is 93.1 cm³/mol. The van der Waals surface area contributed by atoms with Crippen molar-refractivity contribution >= 4 is 40.3 Å². The van der Waals surface area contributed by atoms with Gasteiger partial charge in [0.2, 0.25) is 0 Å². The van der Waals surface area contributed by atoms with Gasteiger partial charge < -0.3 is 14.8 Å². The van der Waals surface area contributed by atoms with Crippen LogP contribution in [0.15, 0.2) is 18.2 Å². The average molecular weight is 426 g/mol. The van der Waals surface area contributed by atoms with Crippen LogP contribution in [0.3, 0.4) is 0 Å². The molecule has 0 bridgehead atoms. The Morgan fingerprint density at radius 1 is 1.33 bits per heavy atom. The van der Waals surface area contributed by atoms with E-state index in [-0.39, 0.29) is 6.09 Å². The highest BCUT2D eigenvalue weighted by atomic mass is 127. The van der Waals surface area contributed by atoms with Crippen LogP contribution in [0.2, 0.25) is 5.02 Å². The Hall–Kier alpha value is -0.690. The molecule has 6 heteroatoms. The summed E-state index contributed by atoms with van der Waals surface area (Å²) < 4.78 is 11.7. The molecule has 118 valence electrons. The molecule has 0 unspecified atom stereocenters. The minimum atomic E-state index is -0.461. The topological polar surface area (TPSA) is 47.6 Å². The van der Waals surface area contributed by atoms with E-state index in [4.69, 9.17) is 21.1 Å². The van der Waals surface area contributed by atoms with Gasteiger partial charge in [-0.2, -0.15) is 0 Å². The minimum Gasteiger partial charge on any atom is -0.494 e. The van der Waals surface area contributed by atoms with Gasteiger partial charge >= 0.3 is 6.09 Å². The molecule has 1 rings (SSSR count). The van der Waals surface area contributed by atoms with E-state index in [2.05, 4.69) is 27.9 Å². The molecule has 0 fully saturated rings. The van der Waals surface area contributed by atoms with Crippen molar-refractivity contribution in [2.75, 3.05) is 13.2 Å². The zero-order chi connectivity index (χ0) is 15.9. The van der Waals surface area contributed by atoms with E-state index in [0.717, 1.165) is 22.2 Å².